The van der Waals surface area contributed by atoms with Gasteiger partial charge in [0.15, 0.2) is 0 Å². The minimum Gasteiger partial charge on any atom is -0.312 e. The van der Waals surface area contributed by atoms with Crippen molar-refractivity contribution in [1.82, 2.24) is 9.55 Å². The summed E-state index contributed by atoms with van der Waals surface area (Å²) in [4.78, 5) is 10.6. The fourth-order valence-corrected chi connectivity index (χ4v) is 6.59. The molecule has 0 fully saturated rings. The van der Waals surface area contributed by atoms with Gasteiger partial charge in [-0.1, -0.05) is 106 Å². The van der Waals surface area contributed by atoms with Crippen molar-refractivity contribution in [3.8, 4) is 5.69 Å². The van der Waals surface area contributed by atoms with Crippen LogP contribution >= 0.6 is 0 Å². The summed E-state index contributed by atoms with van der Waals surface area (Å²) < 4.78 is 2.23. The van der Waals surface area contributed by atoms with Gasteiger partial charge in [0.25, 0.3) is 0 Å². The first-order chi connectivity index (χ1) is 24.4. The van der Waals surface area contributed by atoms with E-state index >= 15 is 0 Å². The number of aromatic nitrogens is 2. The van der Waals surface area contributed by atoms with Gasteiger partial charge in [0.1, 0.15) is 0 Å². The van der Waals surface area contributed by atoms with Crippen LogP contribution in [0.4, 0.5) is 5.69 Å². The summed E-state index contributed by atoms with van der Waals surface area (Å²) in [6.45, 7) is 20.2. The number of hydrogen-bond donors (Lipinski definition) is 0. The average Bonchev–Trinajstić information content (AvgIpc) is 3.46. The standard InChI is InChI=1S/C46H42N4/c1-7-33(4)49(34(5)8-2)41-19-15-36(16-20-41)26-39-28-38(25-35-13-11-10-12-14-35)29-40(30-39)27-37-17-21-42(22-18-37)50-45(9-3)43(31-47-6)44-32-48-24-23-46(44)50/h7-24,28-32H,1-5,25-27H2,6H3. The molecule has 0 aliphatic heterocycles. The van der Waals surface area contributed by atoms with Crippen LogP contribution in [-0.2, 0) is 19.3 Å². The molecule has 6 aromatic rings. The highest BCUT2D eigenvalue weighted by Gasteiger charge is 2.16. The van der Waals surface area contributed by atoms with Gasteiger partial charge in [0.05, 0.1) is 11.2 Å². The number of nitrogens with zero attached hydrogens (tertiary/aromatic N) is 4. The van der Waals surface area contributed by atoms with Crippen LogP contribution in [0.1, 0.15) is 44.6 Å². The second kappa shape index (κ2) is 15.3. The first-order valence-electron chi connectivity index (χ1n) is 16.7. The normalized spacial score (nSPS) is 11.1. The lowest BCUT2D eigenvalue weighted by atomic mass is 9.94. The van der Waals surface area contributed by atoms with Gasteiger partial charge in [-0.25, -0.2) is 0 Å². The molecule has 4 nitrogen and oxygen atoms in total. The molecule has 4 heteroatoms. The molecule has 50 heavy (non-hydrogen) atoms. The van der Waals surface area contributed by atoms with Crippen molar-refractivity contribution < 1.29 is 0 Å². The van der Waals surface area contributed by atoms with Crippen molar-refractivity contribution in [2.24, 2.45) is 4.99 Å². The number of allylic oxidation sites excluding steroid dienone is 2. The largest absolute Gasteiger partial charge is 0.312 e. The van der Waals surface area contributed by atoms with Crippen LogP contribution < -0.4 is 4.90 Å². The highest BCUT2D eigenvalue weighted by atomic mass is 15.1. The Balaban J connectivity index is 1.30. The number of aliphatic imine (C=N–C) groups is 1. The van der Waals surface area contributed by atoms with E-state index in [-0.39, 0.29) is 0 Å². The first kappa shape index (κ1) is 33.6. The van der Waals surface area contributed by atoms with Gasteiger partial charge in [-0.15, -0.1) is 0 Å². The molecule has 2 aromatic heterocycles. The van der Waals surface area contributed by atoms with Gasteiger partial charge in [-0.2, -0.15) is 0 Å². The fraction of sp³-hybridized carbons (Fsp3) is 0.0870. The van der Waals surface area contributed by atoms with E-state index in [1.165, 1.54) is 33.4 Å². The molecule has 0 saturated carbocycles. The van der Waals surface area contributed by atoms with Gasteiger partial charge in [-0.05, 0) is 101 Å². The second-order valence-corrected chi connectivity index (χ2v) is 12.4. The zero-order valence-corrected chi connectivity index (χ0v) is 28.7. The Morgan fingerprint density at radius 2 is 1.24 bits per heavy atom. The lowest BCUT2D eigenvalue weighted by Crippen LogP contribution is -2.18. The summed E-state index contributed by atoms with van der Waals surface area (Å²) in [5, 5.41) is 1.05. The van der Waals surface area contributed by atoms with E-state index in [4.69, 9.17) is 0 Å². The predicted molar refractivity (Wildman–Crippen MR) is 214 cm³/mol. The summed E-state index contributed by atoms with van der Waals surface area (Å²) in [5.74, 6) is 0. The molecule has 0 spiro atoms. The van der Waals surface area contributed by atoms with E-state index in [0.717, 1.165) is 64.2 Å². The maximum Gasteiger partial charge on any atom is 0.0572 e. The van der Waals surface area contributed by atoms with Crippen LogP contribution in [-0.4, -0.2) is 22.8 Å². The summed E-state index contributed by atoms with van der Waals surface area (Å²) in [7, 11) is 1.79. The van der Waals surface area contributed by atoms with Crippen molar-refractivity contribution in [2.45, 2.75) is 19.3 Å². The number of pyridine rings is 1. The maximum absolute atomic E-state index is 4.37. The van der Waals surface area contributed by atoms with Crippen molar-refractivity contribution in [3.05, 3.63) is 217 Å². The molecule has 0 aliphatic rings. The SMILES string of the molecule is C=CC(=C)N(C(=C)C=C)c1ccc(Cc2cc(Cc3ccccc3)cc(Cc3ccc(-n4c(C=C)c(C=NC)c5cnccc54)cc3)c2)cc1. The van der Waals surface area contributed by atoms with Crippen molar-refractivity contribution >= 4 is 28.9 Å². The van der Waals surface area contributed by atoms with E-state index in [0.29, 0.717) is 0 Å². The van der Waals surface area contributed by atoms with Crippen LogP contribution in [0.3, 0.4) is 0 Å². The summed E-state index contributed by atoms with van der Waals surface area (Å²) in [6.07, 6.45) is 13.5. The minimum absolute atomic E-state index is 0.754. The van der Waals surface area contributed by atoms with Crippen LogP contribution in [0.2, 0.25) is 0 Å². The number of fused-ring (bicyclic) bond motifs is 1. The fourth-order valence-electron chi connectivity index (χ4n) is 6.59. The molecule has 0 aliphatic carbocycles. The molecule has 0 unspecified atom stereocenters. The van der Waals surface area contributed by atoms with Gasteiger partial charge < -0.3 is 9.47 Å². The molecule has 0 bridgehead atoms. The average molecular weight is 651 g/mol. The maximum atomic E-state index is 4.37. The van der Waals surface area contributed by atoms with E-state index in [9.17, 15) is 0 Å². The molecular formula is C46H42N4. The summed E-state index contributed by atoms with van der Waals surface area (Å²) in [5.41, 5.74) is 14.3. The van der Waals surface area contributed by atoms with Crippen LogP contribution in [0.25, 0.3) is 22.7 Å². The quantitative estimate of drug-likeness (QED) is 0.0868. The summed E-state index contributed by atoms with van der Waals surface area (Å²) in [6, 6.07) is 37.2. The van der Waals surface area contributed by atoms with Gasteiger partial charge in [0.2, 0.25) is 0 Å². The van der Waals surface area contributed by atoms with Gasteiger partial charge >= 0.3 is 0 Å². The van der Waals surface area contributed by atoms with E-state index in [1.807, 2.05) is 35.7 Å². The van der Waals surface area contributed by atoms with E-state index in [1.54, 1.807) is 19.2 Å². The van der Waals surface area contributed by atoms with Crippen molar-refractivity contribution in [1.29, 1.82) is 0 Å². The third-order valence-corrected chi connectivity index (χ3v) is 8.91. The molecule has 246 valence electrons. The van der Waals surface area contributed by atoms with E-state index < -0.39 is 0 Å². The Labute approximate surface area is 296 Å². The number of benzene rings is 4. The van der Waals surface area contributed by atoms with Crippen molar-refractivity contribution in [3.63, 3.8) is 0 Å². The Kier molecular flexibility index (Phi) is 10.3. The van der Waals surface area contributed by atoms with Crippen LogP contribution in [0.5, 0.6) is 0 Å². The number of hydrogen-bond acceptors (Lipinski definition) is 3. The zero-order chi connectivity index (χ0) is 35.0. The Hall–Kier alpha value is -6.26. The van der Waals surface area contributed by atoms with Gasteiger partial charge in [0, 0.05) is 59.4 Å². The molecule has 2 heterocycles. The van der Waals surface area contributed by atoms with Crippen molar-refractivity contribution in [2.75, 3.05) is 11.9 Å². The van der Waals surface area contributed by atoms with E-state index in [2.05, 4.69) is 145 Å². The lowest BCUT2D eigenvalue weighted by Gasteiger charge is -2.25. The molecule has 4 aromatic carbocycles. The Morgan fingerprint density at radius 3 is 1.76 bits per heavy atom. The second-order valence-electron chi connectivity index (χ2n) is 12.4. The monoisotopic (exact) mass is 650 g/mol. The number of rotatable bonds is 14. The van der Waals surface area contributed by atoms with Gasteiger partial charge in [-0.3, -0.25) is 9.98 Å². The zero-order valence-electron chi connectivity index (χ0n) is 28.7. The topological polar surface area (TPSA) is 33.4 Å². The molecule has 6 rings (SSSR count). The minimum atomic E-state index is 0.754. The third kappa shape index (κ3) is 7.25. The molecule has 0 radical (unpaired) electrons. The smallest absolute Gasteiger partial charge is 0.0572 e. The van der Waals surface area contributed by atoms with Crippen LogP contribution in [0.15, 0.2) is 177 Å². The molecular weight excluding hydrogens is 609 g/mol. The third-order valence-electron chi connectivity index (χ3n) is 8.91. The molecule has 0 amide bonds. The van der Waals surface area contributed by atoms with Crippen LogP contribution in [0, 0.1) is 0 Å². The highest BCUT2D eigenvalue weighted by molar-refractivity contribution is 6.03. The Bertz CT molecular complexity index is 2200. The first-order valence-corrected chi connectivity index (χ1v) is 16.7. The lowest BCUT2D eigenvalue weighted by molar-refractivity contribution is 1.08. The highest BCUT2D eigenvalue weighted by Crippen LogP contribution is 2.30. The molecule has 0 atom stereocenters. The molecule has 0 saturated heterocycles. The molecule has 0 N–H and O–H groups in total. The predicted octanol–water partition coefficient (Wildman–Crippen LogP) is 10.7. The Morgan fingerprint density at radius 1 is 0.700 bits per heavy atom. The summed E-state index contributed by atoms with van der Waals surface area (Å²) >= 11 is 0. The number of anilines is 1.